The van der Waals surface area contributed by atoms with Crippen molar-refractivity contribution in [3.05, 3.63) is 47.0 Å². The summed E-state index contributed by atoms with van der Waals surface area (Å²) in [5.74, 6) is 0.643. The number of methoxy groups -OCH3 is 1. The first kappa shape index (κ1) is 19.4. The van der Waals surface area contributed by atoms with Crippen molar-refractivity contribution in [3.8, 4) is 5.75 Å². The van der Waals surface area contributed by atoms with Crippen molar-refractivity contribution in [1.29, 1.82) is 0 Å². The van der Waals surface area contributed by atoms with Crippen LogP contribution in [0.1, 0.15) is 24.8 Å². The molecule has 1 aliphatic heterocycles. The van der Waals surface area contributed by atoms with Crippen LogP contribution in [-0.2, 0) is 4.79 Å². The van der Waals surface area contributed by atoms with E-state index in [0.717, 1.165) is 30.0 Å². The van der Waals surface area contributed by atoms with Crippen molar-refractivity contribution in [3.63, 3.8) is 0 Å². The van der Waals surface area contributed by atoms with Crippen molar-refractivity contribution in [2.45, 2.75) is 26.2 Å². The highest BCUT2D eigenvalue weighted by molar-refractivity contribution is 6.31. The van der Waals surface area contributed by atoms with Gasteiger partial charge >= 0.3 is 0 Å². The second-order valence-electron chi connectivity index (χ2n) is 6.77. The zero-order chi connectivity index (χ0) is 19.2. The van der Waals surface area contributed by atoms with Crippen LogP contribution in [-0.4, -0.2) is 32.7 Å². The molecule has 1 heterocycles. The number of nitrogens with one attached hydrogen (secondary N) is 2. The van der Waals surface area contributed by atoms with E-state index in [1.54, 1.807) is 13.2 Å². The van der Waals surface area contributed by atoms with Gasteiger partial charge in [-0.15, -0.1) is 0 Å². The van der Waals surface area contributed by atoms with Gasteiger partial charge in [-0.25, -0.2) is 0 Å². The van der Waals surface area contributed by atoms with Crippen molar-refractivity contribution in [2.75, 3.05) is 42.3 Å². The summed E-state index contributed by atoms with van der Waals surface area (Å²) in [6.45, 7) is 4.68. The zero-order valence-corrected chi connectivity index (χ0v) is 16.6. The second kappa shape index (κ2) is 9.00. The highest BCUT2D eigenvalue weighted by Crippen LogP contribution is 2.30. The lowest BCUT2D eigenvalue weighted by Crippen LogP contribution is -2.18. The molecule has 0 aliphatic carbocycles. The second-order valence-corrected chi connectivity index (χ2v) is 7.17. The van der Waals surface area contributed by atoms with Crippen LogP contribution in [0.15, 0.2) is 36.4 Å². The maximum absolute atomic E-state index is 12.2. The maximum Gasteiger partial charge on any atom is 0.226 e. The first-order valence-electron chi connectivity index (χ1n) is 9.29. The number of benzene rings is 2. The number of aryl methyl sites for hydroxylation is 1. The molecule has 1 amide bonds. The average Bonchev–Trinajstić information content (AvgIpc) is 3.19. The summed E-state index contributed by atoms with van der Waals surface area (Å²) in [6.07, 6.45) is 2.87. The topological polar surface area (TPSA) is 53.6 Å². The lowest BCUT2D eigenvalue weighted by atomic mass is 10.2. The molecule has 1 aliphatic rings. The molecule has 2 aromatic rings. The van der Waals surface area contributed by atoms with E-state index in [0.29, 0.717) is 23.7 Å². The average molecular weight is 388 g/mol. The van der Waals surface area contributed by atoms with Gasteiger partial charge in [0.15, 0.2) is 0 Å². The Kier molecular flexibility index (Phi) is 6.45. The van der Waals surface area contributed by atoms with E-state index in [1.807, 2.05) is 25.1 Å². The van der Waals surface area contributed by atoms with Crippen LogP contribution < -0.4 is 20.3 Å². The van der Waals surface area contributed by atoms with E-state index in [2.05, 4.69) is 27.7 Å². The molecule has 0 radical (unpaired) electrons. The minimum atomic E-state index is -0.0268. The molecule has 0 saturated carbocycles. The Hall–Kier alpha value is -2.40. The SMILES string of the molecule is COc1cc(Cl)c(C)cc1NCCC(=O)Nc1ccc(N2CCCC2)cc1. The number of nitrogens with zero attached hydrogens (tertiary/aromatic N) is 1. The molecule has 5 nitrogen and oxygen atoms in total. The summed E-state index contributed by atoms with van der Waals surface area (Å²) in [4.78, 5) is 14.6. The largest absolute Gasteiger partial charge is 0.495 e. The van der Waals surface area contributed by atoms with Crippen molar-refractivity contribution < 1.29 is 9.53 Å². The fourth-order valence-corrected chi connectivity index (χ4v) is 3.39. The Morgan fingerprint density at radius 2 is 1.89 bits per heavy atom. The zero-order valence-electron chi connectivity index (χ0n) is 15.8. The summed E-state index contributed by atoms with van der Waals surface area (Å²) in [5, 5.41) is 6.85. The Morgan fingerprint density at radius 1 is 1.19 bits per heavy atom. The van der Waals surface area contributed by atoms with Gasteiger partial charge in [0.2, 0.25) is 5.91 Å². The molecule has 0 atom stereocenters. The Morgan fingerprint density at radius 3 is 2.56 bits per heavy atom. The van der Waals surface area contributed by atoms with Crippen LogP contribution in [0, 0.1) is 6.92 Å². The molecule has 0 spiro atoms. The van der Waals surface area contributed by atoms with E-state index < -0.39 is 0 Å². The Bertz CT molecular complexity index is 787. The molecule has 1 saturated heterocycles. The fraction of sp³-hybridized carbons (Fsp3) is 0.381. The highest BCUT2D eigenvalue weighted by Gasteiger charge is 2.12. The first-order valence-corrected chi connectivity index (χ1v) is 9.67. The van der Waals surface area contributed by atoms with Crippen LogP contribution in [0.2, 0.25) is 5.02 Å². The molecule has 0 aromatic heterocycles. The summed E-state index contributed by atoms with van der Waals surface area (Å²) in [5.41, 5.74) is 3.84. The smallest absolute Gasteiger partial charge is 0.226 e. The first-order chi connectivity index (χ1) is 13.1. The number of rotatable bonds is 7. The van der Waals surface area contributed by atoms with Gasteiger partial charge in [0, 0.05) is 48.5 Å². The van der Waals surface area contributed by atoms with Crippen molar-refractivity contribution in [1.82, 2.24) is 0 Å². The predicted molar refractivity (Wildman–Crippen MR) is 112 cm³/mol. The number of anilines is 3. The minimum absolute atomic E-state index is 0.0268. The molecule has 0 unspecified atom stereocenters. The summed E-state index contributed by atoms with van der Waals surface area (Å²) in [6, 6.07) is 11.8. The van der Waals surface area contributed by atoms with Crippen LogP contribution in [0.25, 0.3) is 0 Å². The van der Waals surface area contributed by atoms with E-state index in [4.69, 9.17) is 16.3 Å². The Balaban J connectivity index is 1.49. The highest BCUT2D eigenvalue weighted by atomic mass is 35.5. The van der Waals surface area contributed by atoms with Crippen LogP contribution >= 0.6 is 11.6 Å². The Labute approximate surface area is 165 Å². The molecule has 2 aromatic carbocycles. The number of ether oxygens (including phenoxy) is 1. The van der Waals surface area contributed by atoms with Gasteiger partial charge in [0.1, 0.15) is 5.75 Å². The maximum atomic E-state index is 12.2. The van der Waals surface area contributed by atoms with E-state index >= 15 is 0 Å². The standard InChI is InChI=1S/C21H26ClN3O2/c1-15-13-19(20(27-2)14-18(15)22)23-10-9-21(26)24-16-5-7-17(8-6-16)25-11-3-4-12-25/h5-8,13-14,23H,3-4,9-12H2,1-2H3,(H,24,26). The van der Waals surface area contributed by atoms with Gasteiger partial charge in [-0.1, -0.05) is 11.6 Å². The van der Waals surface area contributed by atoms with Crippen molar-refractivity contribution >= 4 is 34.6 Å². The summed E-state index contributed by atoms with van der Waals surface area (Å²) < 4.78 is 5.34. The molecular formula is C21H26ClN3O2. The van der Waals surface area contributed by atoms with Gasteiger partial charge in [-0.05, 0) is 55.7 Å². The number of halogens is 1. The molecule has 27 heavy (non-hydrogen) atoms. The lowest BCUT2D eigenvalue weighted by Gasteiger charge is -2.17. The van der Waals surface area contributed by atoms with Crippen molar-refractivity contribution in [2.24, 2.45) is 0 Å². The van der Waals surface area contributed by atoms with Gasteiger partial charge in [0.05, 0.1) is 12.8 Å². The molecule has 144 valence electrons. The van der Waals surface area contributed by atoms with E-state index in [-0.39, 0.29) is 5.91 Å². The fourth-order valence-electron chi connectivity index (χ4n) is 3.24. The number of hydrogen-bond acceptors (Lipinski definition) is 4. The molecule has 6 heteroatoms. The number of carbonyl (C=O) groups excluding carboxylic acids is 1. The third-order valence-electron chi connectivity index (χ3n) is 4.77. The number of amides is 1. The van der Waals surface area contributed by atoms with E-state index in [1.165, 1.54) is 18.5 Å². The summed E-state index contributed by atoms with van der Waals surface area (Å²) >= 11 is 6.12. The van der Waals surface area contributed by atoms with Gasteiger partial charge in [-0.2, -0.15) is 0 Å². The monoisotopic (exact) mass is 387 g/mol. The minimum Gasteiger partial charge on any atom is -0.495 e. The third kappa shape index (κ3) is 5.07. The molecule has 2 N–H and O–H groups in total. The lowest BCUT2D eigenvalue weighted by molar-refractivity contribution is -0.115. The van der Waals surface area contributed by atoms with Gasteiger partial charge in [-0.3, -0.25) is 4.79 Å². The van der Waals surface area contributed by atoms with Gasteiger partial charge in [0.25, 0.3) is 0 Å². The number of hydrogen-bond donors (Lipinski definition) is 2. The molecule has 3 rings (SSSR count). The summed E-state index contributed by atoms with van der Waals surface area (Å²) in [7, 11) is 1.60. The number of carbonyl (C=O) groups is 1. The van der Waals surface area contributed by atoms with Gasteiger partial charge < -0.3 is 20.3 Å². The quantitative estimate of drug-likeness (QED) is 0.723. The molecular weight excluding hydrogens is 362 g/mol. The van der Waals surface area contributed by atoms with Crippen LogP contribution in [0.4, 0.5) is 17.1 Å². The molecule has 1 fully saturated rings. The normalized spacial score (nSPS) is 13.5. The van der Waals surface area contributed by atoms with Crippen LogP contribution in [0.5, 0.6) is 5.75 Å². The molecule has 0 bridgehead atoms. The van der Waals surface area contributed by atoms with Crippen LogP contribution in [0.3, 0.4) is 0 Å². The predicted octanol–water partition coefficient (Wildman–Crippen LogP) is 4.70. The van der Waals surface area contributed by atoms with E-state index in [9.17, 15) is 4.79 Å². The third-order valence-corrected chi connectivity index (χ3v) is 5.18.